The van der Waals surface area contributed by atoms with Gasteiger partial charge in [0.25, 0.3) is 0 Å². The van der Waals surface area contributed by atoms with Crippen molar-refractivity contribution >= 4 is 11.6 Å². The lowest BCUT2D eigenvalue weighted by atomic mass is 9.68. The molecule has 1 aromatic rings. The monoisotopic (exact) mass is 290 g/mol. The van der Waals surface area contributed by atoms with E-state index in [9.17, 15) is 4.79 Å². The molecule has 1 heterocycles. The fourth-order valence-corrected chi connectivity index (χ4v) is 4.58. The second kappa shape index (κ2) is 4.75. The number of amides is 1. The predicted octanol–water partition coefficient (Wildman–Crippen LogP) is 2.26. The Morgan fingerprint density at radius 1 is 1.48 bits per heavy atom. The lowest BCUT2D eigenvalue weighted by Crippen LogP contribution is -2.45. The standard InChI is InChI=1S/C16H26N4O/c1-15(2)11-5-6-16(3,7-11)14(15)19-12-8-18-20(9-12)10-13(21)17-4/h8-9,11,14,19H,5-7,10H2,1-4H3,(H,17,21)/t11-,14?,16+/m0/s1. The van der Waals surface area contributed by atoms with Gasteiger partial charge in [0.15, 0.2) is 0 Å². The second-order valence-corrected chi connectivity index (χ2v) is 7.59. The Bertz CT molecular complexity index is 545. The number of carbonyl (C=O) groups excluding carboxylic acids is 1. The van der Waals surface area contributed by atoms with Gasteiger partial charge in [-0.3, -0.25) is 9.48 Å². The van der Waals surface area contributed by atoms with Crippen LogP contribution in [0.5, 0.6) is 0 Å². The lowest BCUT2D eigenvalue weighted by molar-refractivity contribution is -0.121. The van der Waals surface area contributed by atoms with E-state index in [-0.39, 0.29) is 12.5 Å². The van der Waals surface area contributed by atoms with Gasteiger partial charge in [-0.25, -0.2) is 0 Å². The van der Waals surface area contributed by atoms with E-state index >= 15 is 0 Å². The van der Waals surface area contributed by atoms with Crippen LogP contribution >= 0.6 is 0 Å². The van der Waals surface area contributed by atoms with Gasteiger partial charge in [-0.15, -0.1) is 0 Å². The molecule has 1 amide bonds. The summed E-state index contributed by atoms with van der Waals surface area (Å²) in [6.07, 6.45) is 7.75. The number of fused-ring (bicyclic) bond motifs is 2. The van der Waals surface area contributed by atoms with Crippen molar-refractivity contribution < 1.29 is 4.79 Å². The third-order valence-corrected chi connectivity index (χ3v) is 5.80. The molecule has 1 unspecified atom stereocenters. The van der Waals surface area contributed by atoms with Crippen molar-refractivity contribution in [2.24, 2.45) is 16.7 Å². The first-order valence-electron chi connectivity index (χ1n) is 7.85. The average Bonchev–Trinajstić information content (AvgIpc) is 3.06. The molecule has 0 aromatic carbocycles. The Balaban J connectivity index is 1.73. The second-order valence-electron chi connectivity index (χ2n) is 7.59. The fourth-order valence-electron chi connectivity index (χ4n) is 4.58. The van der Waals surface area contributed by atoms with E-state index < -0.39 is 0 Å². The molecule has 5 heteroatoms. The first-order valence-corrected chi connectivity index (χ1v) is 7.85. The highest BCUT2D eigenvalue weighted by Crippen LogP contribution is 2.63. The number of likely N-dealkylation sites (N-methyl/N-ethyl adjacent to an activating group) is 1. The first kappa shape index (κ1) is 14.4. The molecular weight excluding hydrogens is 264 g/mol. The predicted molar refractivity (Wildman–Crippen MR) is 82.9 cm³/mol. The molecule has 5 nitrogen and oxygen atoms in total. The number of anilines is 1. The van der Waals surface area contributed by atoms with Gasteiger partial charge < -0.3 is 10.6 Å². The highest BCUT2D eigenvalue weighted by molar-refractivity contribution is 5.75. The molecule has 2 fully saturated rings. The summed E-state index contributed by atoms with van der Waals surface area (Å²) in [6, 6.07) is 0.474. The highest BCUT2D eigenvalue weighted by Gasteiger charge is 2.59. The van der Waals surface area contributed by atoms with Gasteiger partial charge in [0, 0.05) is 19.3 Å². The summed E-state index contributed by atoms with van der Waals surface area (Å²) in [4.78, 5) is 11.4. The van der Waals surface area contributed by atoms with Crippen LogP contribution in [0, 0.1) is 16.7 Å². The summed E-state index contributed by atoms with van der Waals surface area (Å²) in [5, 5.41) is 10.6. The van der Waals surface area contributed by atoms with Crippen LogP contribution in [0.4, 0.5) is 5.69 Å². The van der Waals surface area contributed by atoms with Crippen molar-refractivity contribution in [3.63, 3.8) is 0 Å². The van der Waals surface area contributed by atoms with Crippen LogP contribution in [0.3, 0.4) is 0 Å². The third-order valence-electron chi connectivity index (χ3n) is 5.80. The topological polar surface area (TPSA) is 59.0 Å². The molecule has 0 saturated heterocycles. The van der Waals surface area contributed by atoms with Crippen LogP contribution < -0.4 is 10.6 Å². The largest absolute Gasteiger partial charge is 0.379 e. The van der Waals surface area contributed by atoms with Crippen LogP contribution in [0.1, 0.15) is 40.0 Å². The van der Waals surface area contributed by atoms with Crippen molar-refractivity contribution in [3.05, 3.63) is 12.4 Å². The summed E-state index contributed by atoms with van der Waals surface area (Å²) < 4.78 is 1.68. The molecule has 2 N–H and O–H groups in total. The molecule has 0 spiro atoms. The maximum atomic E-state index is 11.4. The highest BCUT2D eigenvalue weighted by atomic mass is 16.1. The van der Waals surface area contributed by atoms with Gasteiger partial charge in [0.1, 0.15) is 6.54 Å². The van der Waals surface area contributed by atoms with Crippen LogP contribution in [0.15, 0.2) is 12.4 Å². The molecule has 116 valence electrons. The minimum Gasteiger partial charge on any atom is -0.379 e. The van der Waals surface area contributed by atoms with E-state index in [0.717, 1.165) is 11.6 Å². The van der Waals surface area contributed by atoms with Crippen molar-refractivity contribution in [2.45, 2.75) is 52.6 Å². The summed E-state index contributed by atoms with van der Waals surface area (Å²) in [7, 11) is 1.64. The van der Waals surface area contributed by atoms with Crippen molar-refractivity contribution in [1.29, 1.82) is 0 Å². The first-order chi connectivity index (χ1) is 9.85. The quantitative estimate of drug-likeness (QED) is 0.894. The van der Waals surface area contributed by atoms with Crippen LogP contribution in [-0.2, 0) is 11.3 Å². The van der Waals surface area contributed by atoms with Gasteiger partial charge >= 0.3 is 0 Å². The van der Waals surface area contributed by atoms with Gasteiger partial charge in [-0.2, -0.15) is 5.10 Å². The number of carbonyl (C=O) groups is 1. The molecule has 21 heavy (non-hydrogen) atoms. The van der Waals surface area contributed by atoms with E-state index in [1.165, 1.54) is 19.3 Å². The molecule has 2 aliphatic rings. The average molecular weight is 290 g/mol. The number of aromatic nitrogens is 2. The van der Waals surface area contributed by atoms with Gasteiger partial charge in [-0.1, -0.05) is 20.8 Å². The Labute approximate surface area is 126 Å². The summed E-state index contributed by atoms with van der Waals surface area (Å²) >= 11 is 0. The Kier molecular flexibility index (Phi) is 3.26. The normalized spacial score (nSPS) is 33.1. The lowest BCUT2D eigenvalue weighted by Gasteiger charge is -2.43. The minimum absolute atomic E-state index is 0.0307. The maximum absolute atomic E-state index is 11.4. The van der Waals surface area contributed by atoms with Crippen LogP contribution in [-0.4, -0.2) is 28.8 Å². The fraction of sp³-hybridized carbons (Fsp3) is 0.750. The molecular formula is C16H26N4O. The molecule has 2 saturated carbocycles. The number of nitrogens with one attached hydrogen (secondary N) is 2. The van der Waals surface area contributed by atoms with Crippen LogP contribution in [0.25, 0.3) is 0 Å². The van der Waals surface area contributed by atoms with E-state index in [4.69, 9.17) is 0 Å². The van der Waals surface area contributed by atoms with Crippen molar-refractivity contribution in [3.8, 4) is 0 Å². The van der Waals surface area contributed by atoms with Gasteiger partial charge in [0.05, 0.1) is 11.9 Å². The molecule has 0 aliphatic heterocycles. The Morgan fingerprint density at radius 3 is 2.86 bits per heavy atom. The minimum atomic E-state index is -0.0307. The molecule has 1 aromatic heterocycles. The smallest absolute Gasteiger partial charge is 0.241 e. The summed E-state index contributed by atoms with van der Waals surface area (Å²) in [5.41, 5.74) is 1.72. The number of nitrogens with zero attached hydrogens (tertiary/aromatic N) is 2. The number of rotatable bonds is 4. The van der Waals surface area contributed by atoms with E-state index in [1.807, 2.05) is 12.4 Å². The zero-order valence-corrected chi connectivity index (χ0v) is 13.4. The van der Waals surface area contributed by atoms with Crippen molar-refractivity contribution in [1.82, 2.24) is 15.1 Å². The Morgan fingerprint density at radius 2 is 2.24 bits per heavy atom. The van der Waals surface area contributed by atoms with E-state index in [2.05, 4.69) is 36.5 Å². The van der Waals surface area contributed by atoms with Gasteiger partial charge in [-0.05, 0) is 36.0 Å². The molecule has 2 bridgehead atoms. The molecule has 2 aliphatic carbocycles. The van der Waals surface area contributed by atoms with Crippen molar-refractivity contribution in [2.75, 3.05) is 12.4 Å². The van der Waals surface area contributed by atoms with E-state index in [1.54, 1.807) is 11.7 Å². The number of hydrogen-bond donors (Lipinski definition) is 2. The zero-order valence-electron chi connectivity index (χ0n) is 13.4. The Hall–Kier alpha value is -1.52. The van der Waals surface area contributed by atoms with Gasteiger partial charge in [0.2, 0.25) is 5.91 Å². The summed E-state index contributed by atoms with van der Waals surface area (Å²) in [5.74, 6) is 0.790. The molecule has 3 atom stereocenters. The third kappa shape index (κ3) is 2.32. The number of hydrogen-bond acceptors (Lipinski definition) is 3. The SMILES string of the molecule is CNC(=O)Cn1cc(NC2C(C)(C)[C@H]3CC[C@]2(C)C3)cn1. The maximum Gasteiger partial charge on any atom is 0.241 e. The molecule has 3 rings (SSSR count). The van der Waals surface area contributed by atoms with E-state index in [0.29, 0.717) is 16.9 Å². The zero-order chi connectivity index (χ0) is 15.3. The summed E-state index contributed by atoms with van der Waals surface area (Å²) in [6.45, 7) is 7.45. The molecule has 0 radical (unpaired) electrons. The van der Waals surface area contributed by atoms with Crippen LogP contribution in [0.2, 0.25) is 0 Å².